The van der Waals surface area contributed by atoms with Gasteiger partial charge >= 0.3 is 11.9 Å². The first-order chi connectivity index (χ1) is 26.6. The minimum atomic E-state index is -0.813. The smallest absolute Gasteiger partial charge is 0.306 e. The Kier molecular flexibility index (Phi) is 42.5. The summed E-state index contributed by atoms with van der Waals surface area (Å²) < 4.78 is 10.6. The van der Waals surface area contributed by atoms with E-state index in [1.165, 1.54) is 116 Å². The molecule has 0 aromatic heterocycles. The van der Waals surface area contributed by atoms with E-state index in [-0.39, 0.29) is 25.6 Å². The maximum atomic E-state index is 12.2. The first-order valence-corrected chi connectivity index (χ1v) is 22.5. The number of carbonyl (C=O) groups is 2. The Morgan fingerprint density at radius 3 is 1.17 bits per heavy atom. The van der Waals surface area contributed by atoms with E-state index in [2.05, 4.69) is 74.6 Å². The summed E-state index contributed by atoms with van der Waals surface area (Å²) in [5.74, 6) is -0.686. The molecule has 5 heteroatoms. The fourth-order valence-electron chi connectivity index (χ4n) is 6.17. The topological polar surface area (TPSA) is 72.8 Å². The summed E-state index contributed by atoms with van der Waals surface area (Å²) in [6, 6.07) is 0. The lowest BCUT2D eigenvalue weighted by Crippen LogP contribution is -2.28. The van der Waals surface area contributed by atoms with Gasteiger partial charge in [-0.1, -0.05) is 215 Å². The first-order valence-electron chi connectivity index (χ1n) is 22.5. The highest BCUT2D eigenvalue weighted by atomic mass is 16.6. The number of rotatable bonds is 40. The zero-order chi connectivity index (χ0) is 39.3. The van der Waals surface area contributed by atoms with Crippen LogP contribution >= 0.6 is 0 Å². The van der Waals surface area contributed by atoms with E-state index in [0.29, 0.717) is 12.8 Å². The van der Waals surface area contributed by atoms with Crippen molar-refractivity contribution in [2.75, 3.05) is 13.2 Å². The quantitative estimate of drug-likeness (QED) is 0.0383. The Hall–Kier alpha value is -2.66. The SMILES string of the molecule is CC/C=C\C/C=C\C/C=C\C/C=C\C/C=C\C/C=C\CCC(=O)OC(CO)COC(=O)CCCCCCCCCCCCCCCCCCCCCCC. The van der Waals surface area contributed by atoms with Gasteiger partial charge in [0.2, 0.25) is 0 Å². The number of unbranched alkanes of at least 4 members (excludes halogenated alkanes) is 20. The normalized spacial score (nSPS) is 12.9. The molecule has 310 valence electrons. The van der Waals surface area contributed by atoms with E-state index >= 15 is 0 Å². The molecule has 0 aliphatic heterocycles. The van der Waals surface area contributed by atoms with Crippen molar-refractivity contribution in [2.45, 2.75) is 213 Å². The fraction of sp³-hybridized carbons (Fsp3) is 0.714. The van der Waals surface area contributed by atoms with Gasteiger partial charge in [0.15, 0.2) is 6.10 Å². The monoisotopic (exact) mass is 753 g/mol. The standard InChI is InChI=1S/C49H84O5/c1-3-5-7-9-11-13-15-17-19-21-23-24-26-27-29-31-33-35-37-39-41-43-48(51)53-46-47(45-50)54-49(52)44-42-40-38-36-34-32-30-28-25-22-20-18-16-14-12-10-8-6-4-2/h6,8,12,14,18,20,25,28,32,34,38,40,47,50H,3-5,7,9-11,13,15-17,19,21-24,26-27,29-31,33,35-37,39,41-46H2,1-2H3/b8-6-,14-12-,20-18-,28-25-,34-32-,40-38-. The molecular formula is C49H84O5. The van der Waals surface area contributed by atoms with Crippen LogP contribution in [0.3, 0.4) is 0 Å². The van der Waals surface area contributed by atoms with Crippen LogP contribution in [0.5, 0.6) is 0 Å². The maximum absolute atomic E-state index is 12.2. The molecular weight excluding hydrogens is 669 g/mol. The summed E-state index contributed by atoms with van der Waals surface area (Å²) in [5, 5.41) is 9.58. The van der Waals surface area contributed by atoms with Crippen LogP contribution in [0.2, 0.25) is 0 Å². The van der Waals surface area contributed by atoms with Gasteiger partial charge in [0.05, 0.1) is 6.61 Å². The van der Waals surface area contributed by atoms with Gasteiger partial charge in [-0.15, -0.1) is 0 Å². The van der Waals surface area contributed by atoms with Crippen LogP contribution in [-0.4, -0.2) is 36.4 Å². The number of esters is 2. The molecule has 0 amide bonds. The maximum Gasteiger partial charge on any atom is 0.306 e. The summed E-state index contributed by atoms with van der Waals surface area (Å²) in [6.07, 6.45) is 59.9. The van der Waals surface area contributed by atoms with Crippen molar-refractivity contribution in [1.29, 1.82) is 0 Å². The highest BCUT2D eigenvalue weighted by Crippen LogP contribution is 2.15. The summed E-state index contributed by atoms with van der Waals surface area (Å²) in [6.45, 7) is 3.97. The summed E-state index contributed by atoms with van der Waals surface area (Å²) in [7, 11) is 0. The number of aliphatic hydroxyl groups excluding tert-OH is 1. The van der Waals surface area contributed by atoms with Crippen molar-refractivity contribution in [1.82, 2.24) is 0 Å². The van der Waals surface area contributed by atoms with Crippen molar-refractivity contribution >= 4 is 11.9 Å². The third kappa shape index (κ3) is 42.1. The van der Waals surface area contributed by atoms with E-state index in [9.17, 15) is 14.7 Å². The molecule has 0 saturated carbocycles. The Bertz CT molecular complexity index is 988. The summed E-state index contributed by atoms with van der Waals surface area (Å²) >= 11 is 0. The highest BCUT2D eigenvalue weighted by molar-refractivity contribution is 5.70. The van der Waals surface area contributed by atoms with E-state index in [1.807, 2.05) is 12.2 Å². The molecule has 0 fully saturated rings. The molecule has 0 aromatic carbocycles. The first kappa shape index (κ1) is 51.3. The van der Waals surface area contributed by atoms with Crippen molar-refractivity contribution in [3.63, 3.8) is 0 Å². The molecule has 0 bridgehead atoms. The molecule has 0 saturated heterocycles. The van der Waals surface area contributed by atoms with Gasteiger partial charge in [-0.25, -0.2) is 0 Å². The van der Waals surface area contributed by atoms with Crippen LogP contribution in [0.4, 0.5) is 0 Å². The van der Waals surface area contributed by atoms with Crippen LogP contribution in [0, 0.1) is 0 Å². The Morgan fingerprint density at radius 1 is 0.444 bits per heavy atom. The Labute approximate surface area is 333 Å². The third-order valence-corrected chi connectivity index (χ3v) is 9.53. The third-order valence-electron chi connectivity index (χ3n) is 9.53. The lowest BCUT2D eigenvalue weighted by Gasteiger charge is -2.15. The number of hydrogen-bond donors (Lipinski definition) is 1. The van der Waals surface area contributed by atoms with Crippen molar-refractivity contribution in [2.24, 2.45) is 0 Å². The molecule has 5 nitrogen and oxygen atoms in total. The van der Waals surface area contributed by atoms with Gasteiger partial charge in [0.25, 0.3) is 0 Å². The lowest BCUT2D eigenvalue weighted by atomic mass is 10.0. The van der Waals surface area contributed by atoms with Crippen molar-refractivity contribution in [3.8, 4) is 0 Å². The largest absolute Gasteiger partial charge is 0.462 e. The Balaban J connectivity index is 3.62. The zero-order valence-corrected chi connectivity index (χ0v) is 35.2. The predicted molar refractivity (Wildman–Crippen MR) is 233 cm³/mol. The average Bonchev–Trinajstić information content (AvgIpc) is 3.17. The molecule has 1 N–H and O–H groups in total. The minimum Gasteiger partial charge on any atom is -0.462 e. The molecule has 1 unspecified atom stereocenters. The van der Waals surface area contributed by atoms with E-state index in [4.69, 9.17) is 9.47 Å². The number of hydrogen-bond acceptors (Lipinski definition) is 5. The molecule has 0 rings (SSSR count). The zero-order valence-electron chi connectivity index (χ0n) is 35.2. The highest BCUT2D eigenvalue weighted by Gasteiger charge is 2.15. The van der Waals surface area contributed by atoms with Gasteiger partial charge in [-0.2, -0.15) is 0 Å². The van der Waals surface area contributed by atoms with Gasteiger partial charge in [0, 0.05) is 12.8 Å². The summed E-state index contributed by atoms with van der Waals surface area (Å²) in [4.78, 5) is 24.3. The van der Waals surface area contributed by atoms with Gasteiger partial charge in [-0.05, 0) is 51.4 Å². The number of allylic oxidation sites excluding steroid dienone is 12. The van der Waals surface area contributed by atoms with Crippen LogP contribution in [0.25, 0.3) is 0 Å². The lowest BCUT2D eigenvalue weighted by molar-refractivity contribution is -0.161. The second-order valence-corrected chi connectivity index (χ2v) is 14.8. The van der Waals surface area contributed by atoms with Crippen LogP contribution in [-0.2, 0) is 19.1 Å². The van der Waals surface area contributed by atoms with Gasteiger partial charge in [-0.3, -0.25) is 9.59 Å². The van der Waals surface area contributed by atoms with Gasteiger partial charge < -0.3 is 14.6 Å². The second kappa shape index (κ2) is 44.7. The minimum absolute atomic E-state index is 0.0970. The molecule has 0 heterocycles. The van der Waals surface area contributed by atoms with Crippen LogP contribution in [0.1, 0.15) is 206 Å². The summed E-state index contributed by atoms with van der Waals surface area (Å²) in [5.41, 5.74) is 0. The number of aliphatic hydroxyl groups is 1. The molecule has 0 spiro atoms. The molecule has 0 aliphatic rings. The molecule has 54 heavy (non-hydrogen) atoms. The van der Waals surface area contributed by atoms with E-state index in [0.717, 1.165) is 57.8 Å². The van der Waals surface area contributed by atoms with E-state index in [1.54, 1.807) is 0 Å². The molecule has 0 radical (unpaired) electrons. The molecule has 1 atom stereocenters. The molecule has 0 aliphatic carbocycles. The Morgan fingerprint density at radius 2 is 0.796 bits per heavy atom. The molecule has 0 aromatic rings. The number of ether oxygens (including phenoxy) is 2. The second-order valence-electron chi connectivity index (χ2n) is 14.8. The van der Waals surface area contributed by atoms with Crippen LogP contribution < -0.4 is 0 Å². The fourth-order valence-corrected chi connectivity index (χ4v) is 6.17. The van der Waals surface area contributed by atoms with E-state index < -0.39 is 12.1 Å². The average molecular weight is 753 g/mol. The van der Waals surface area contributed by atoms with Crippen LogP contribution in [0.15, 0.2) is 72.9 Å². The van der Waals surface area contributed by atoms with Crippen molar-refractivity contribution in [3.05, 3.63) is 72.9 Å². The van der Waals surface area contributed by atoms with Crippen molar-refractivity contribution < 1.29 is 24.2 Å². The number of carbonyl (C=O) groups excluding carboxylic acids is 2. The van der Waals surface area contributed by atoms with Gasteiger partial charge in [0.1, 0.15) is 6.61 Å². The predicted octanol–water partition coefficient (Wildman–Crippen LogP) is 14.5.